The minimum Gasteiger partial charge on any atom is -0.293 e. The Hall–Kier alpha value is -1.25. The van der Waals surface area contributed by atoms with Gasteiger partial charge in [0.2, 0.25) is 0 Å². The fourth-order valence-corrected chi connectivity index (χ4v) is 0.652. The molecule has 0 aliphatic rings. The monoisotopic (exact) mass is 136 g/mol. The number of aryl methyl sites for hydroxylation is 1. The van der Waals surface area contributed by atoms with Crippen molar-refractivity contribution < 1.29 is 4.79 Å². The topological polar surface area (TPSA) is 42.9 Å². The highest BCUT2D eigenvalue weighted by Crippen LogP contribution is 1.94. The lowest BCUT2D eigenvalue weighted by Gasteiger charge is -1.93. The summed E-state index contributed by atoms with van der Waals surface area (Å²) in [4.78, 5) is 18.5. The zero-order valence-electron chi connectivity index (χ0n) is 5.96. The molecule has 3 nitrogen and oxygen atoms in total. The molecule has 3 heteroatoms. The highest BCUT2D eigenvalue weighted by molar-refractivity contribution is 5.91. The van der Waals surface area contributed by atoms with Crippen LogP contribution in [-0.4, -0.2) is 15.8 Å². The summed E-state index contributed by atoms with van der Waals surface area (Å²) in [6.07, 6.45) is 1.58. The van der Waals surface area contributed by atoms with Gasteiger partial charge in [-0.15, -0.1) is 0 Å². The van der Waals surface area contributed by atoms with Gasteiger partial charge in [-0.3, -0.25) is 4.79 Å². The standard InChI is InChI=1S/C7H8N2O/c1-5(10)7-3-4-8-6(2)9-7/h3-4H,1-2H3. The summed E-state index contributed by atoms with van der Waals surface area (Å²) in [5, 5.41) is 0. The van der Waals surface area contributed by atoms with Gasteiger partial charge in [0.1, 0.15) is 11.5 Å². The van der Waals surface area contributed by atoms with Crippen LogP contribution in [0.15, 0.2) is 12.3 Å². The Morgan fingerprint density at radius 1 is 1.60 bits per heavy atom. The van der Waals surface area contributed by atoms with E-state index >= 15 is 0 Å². The van der Waals surface area contributed by atoms with E-state index in [-0.39, 0.29) is 5.78 Å². The van der Waals surface area contributed by atoms with E-state index in [9.17, 15) is 4.79 Å². The molecule has 1 rings (SSSR count). The molecule has 0 N–H and O–H groups in total. The van der Waals surface area contributed by atoms with Crippen molar-refractivity contribution in [1.29, 1.82) is 0 Å². The molecular weight excluding hydrogens is 128 g/mol. The smallest absolute Gasteiger partial charge is 0.178 e. The Bertz CT molecular complexity index is 258. The molecule has 0 aliphatic carbocycles. The van der Waals surface area contributed by atoms with E-state index in [0.717, 1.165) is 0 Å². The SMILES string of the molecule is CC(=O)c1ccnc(C)n1. The van der Waals surface area contributed by atoms with Gasteiger partial charge in [-0.2, -0.15) is 0 Å². The predicted molar refractivity (Wildman–Crippen MR) is 36.8 cm³/mol. The van der Waals surface area contributed by atoms with Crippen LogP contribution in [-0.2, 0) is 0 Å². The van der Waals surface area contributed by atoms with E-state index < -0.39 is 0 Å². The summed E-state index contributed by atoms with van der Waals surface area (Å²) in [7, 11) is 0. The maximum Gasteiger partial charge on any atom is 0.178 e. The molecular formula is C7H8N2O. The number of hydrogen-bond donors (Lipinski definition) is 0. The third kappa shape index (κ3) is 1.37. The van der Waals surface area contributed by atoms with Crippen molar-refractivity contribution in [3.05, 3.63) is 23.8 Å². The number of rotatable bonds is 1. The average molecular weight is 136 g/mol. The van der Waals surface area contributed by atoms with Crippen LogP contribution in [0.5, 0.6) is 0 Å². The third-order valence-electron chi connectivity index (χ3n) is 1.14. The molecule has 52 valence electrons. The Morgan fingerprint density at radius 3 is 2.70 bits per heavy atom. The molecule has 0 unspecified atom stereocenters. The zero-order chi connectivity index (χ0) is 7.56. The second kappa shape index (κ2) is 2.56. The number of carbonyl (C=O) groups excluding carboxylic acids is 1. The van der Waals surface area contributed by atoms with Crippen molar-refractivity contribution in [2.24, 2.45) is 0 Å². The zero-order valence-corrected chi connectivity index (χ0v) is 5.96. The van der Waals surface area contributed by atoms with Gasteiger partial charge < -0.3 is 0 Å². The highest BCUT2D eigenvalue weighted by atomic mass is 16.1. The minimum absolute atomic E-state index is 0.0227. The van der Waals surface area contributed by atoms with E-state index in [4.69, 9.17) is 0 Å². The van der Waals surface area contributed by atoms with E-state index in [2.05, 4.69) is 9.97 Å². The Morgan fingerprint density at radius 2 is 2.30 bits per heavy atom. The van der Waals surface area contributed by atoms with Crippen LogP contribution in [0, 0.1) is 6.92 Å². The van der Waals surface area contributed by atoms with Crippen LogP contribution in [0.1, 0.15) is 23.2 Å². The number of carbonyl (C=O) groups is 1. The molecule has 0 amide bonds. The second-order valence-electron chi connectivity index (χ2n) is 2.05. The van der Waals surface area contributed by atoms with Gasteiger partial charge >= 0.3 is 0 Å². The quantitative estimate of drug-likeness (QED) is 0.540. The lowest BCUT2D eigenvalue weighted by atomic mass is 10.3. The number of hydrogen-bond acceptors (Lipinski definition) is 3. The summed E-state index contributed by atoms with van der Waals surface area (Å²) in [5.74, 6) is 0.609. The van der Waals surface area contributed by atoms with E-state index in [1.807, 2.05) is 0 Å². The summed E-state index contributed by atoms with van der Waals surface area (Å²) >= 11 is 0. The summed E-state index contributed by atoms with van der Waals surface area (Å²) in [6.45, 7) is 3.24. The largest absolute Gasteiger partial charge is 0.293 e. The maximum absolute atomic E-state index is 10.7. The van der Waals surface area contributed by atoms with Crippen LogP contribution in [0.25, 0.3) is 0 Å². The predicted octanol–water partition coefficient (Wildman–Crippen LogP) is 0.988. The van der Waals surface area contributed by atoms with Gasteiger partial charge in [0.15, 0.2) is 5.78 Å². The van der Waals surface area contributed by atoms with Gasteiger partial charge in [0, 0.05) is 13.1 Å². The van der Waals surface area contributed by atoms with Gasteiger partial charge in [0.25, 0.3) is 0 Å². The van der Waals surface area contributed by atoms with Crippen LogP contribution in [0.3, 0.4) is 0 Å². The lowest BCUT2D eigenvalue weighted by Crippen LogP contribution is -1.98. The number of ketones is 1. The second-order valence-corrected chi connectivity index (χ2v) is 2.05. The van der Waals surface area contributed by atoms with Gasteiger partial charge in [-0.1, -0.05) is 0 Å². The van der Waals surface area contributed by atoms with Crippen LogP contribution < -0.4 is 0 Å². The van der Waals surface area contributed by atoms with E-state index in [1.54, 1.807) is 19.2 Å². The van der Waals surface area contributed by atoms with Crippen LogP contribution in [0.2, 0.25) is 0 Å². The fraction of sp³-hybridized carbons (Fsp3) is 0.286. The molecule has 0 saturated heterocycles. The highest BCUT2D eigenvalue weighted by Gasteiger charge is 1.98. The first kappa shape index (κ1) is 6.86. The molecule has 0 bridgehead atoms. The van der Waals surface area contributed by atoms with Crippen molar-refractivity contribution in [3.63, 3.8) is 0 Å². The molecule has 1 aromatic rings. The molecule has 0 atom stereocenters. The normalized spacial score (nSPS) is 9.40. The van der Waals surface area contributed by atoms with Crippen LogP contribution in [0.4, 0.5) is 0 Å². The van der Waals surface area contributed by atoms with Crippen LogP contribution >= 0.6 is 0 Å². The summed E-state index contributed by atoms with van der Waals surface area (Å²) in [5.41, 5.74) is 0.479. The Balaban J connectivity index is 3.07. The first-order valence-electron chi connectivity index (χ1n) is 3.01. The van der Waals surface area contributed by atoms with E-state index in [0.29, 0.717) is 11.5 Å². The first-order chi connectivity index (χ1) is 4.70. The van der Waals surface area contributed by atoms with Crippen molar-refractivity contribution in [2.75, 3.05) is 0 Å². The minimum atomic E-state index is -0.0227. The molecule has 0 aromatic carbocycles. The first-order valence-corrected chi connectivity index (χ1v) is 3.01. The van der Waals surface area contributed by atoms with E-state index in [1.165, 1.54) is 6.92 Å². The lowest BCUT2D eigenvalue weighted by molar-refractivity contribution is 0.101. The summed E-state index contributed by atoms with van der Waals surface area (Å²) < 4.78 is 0. The number of aromatic nitrogens is 2. The molecule has 1 heterocycles. The maximum atomic E-state index is 10.7. The number of Topliss-reactive ketones (excluding diaryl/α,β-unsaturated/α-hetero) is 1. The molecule has 0 spiro atoms. The van der Waals surface area contributed by atoms with Crippen molar-refractivity contribution in [3.8, 4) is 0 Å². The molecule has 0 radical (unpaired) electrons. The Kier molecular flexibility index (Phi) is 1.76. The summed E-state index contributed by atoms with van der Waals surface area (Å²) in [6, 6.07) is 1.61. The van der Waals surface area contributed by atoms with Crippen molar-refractivity contribution in [1.82, 2.24) is 9.97 Å². The van der Waals surface area contributed by atoms with Gasteiger partial charge in [-0.05, 0) is 13.0 Å². The van der Waals surface area contributed by atoms with Gasteiger partial charge in [0.05, 0.1) is 0 Å². The molecule has 0 saturated carbocycles. The van der Waals surface area contributed by atoms with Gasteiger partial charge in [-0.25, -0.2) is 9.97 Å². The molecule has 0 fully saturated rings. The Labute approximate surface area is 59.1 Å². The van der Waals surface area contributed by atoms with Crippen molar-refractivity contribution >= 4 is 5.78 Å². The molecule has 0 aliphatic heterocycles. The third-order valence-corrected chi connectivity index (χ3v) is 1.14. The molecule has 1 aromatic heterocycles. The van der Waals surface area contributed by atoms with Crippen molar-refractivity contribution in [2.45, 2.75) is 13.8 Å². The number of nitrogens with zero attached hydrogens (tertiary/aromatic N) is 2. The fourth-order valence-electron chi connectivity index (χ4n) is 0.652. The average Bonchev–Trinajstić information content (AvgIpc) is 1.88. The molecule has 10 heavy (non-hydrogen) atoms.